The van der Waals surface area contributed by atoms with Gasteiger partial charge in [-0.15, -0.1) is 0 Å². The van der Waals surface area contributed by atoms with E-state index in [9.17, 15) is 4.79 Å². The number of carbonyl (C=O) groups is 1. The number of rotatable bonds is 7. The quantitative estimate of drug-likeness (QED) is 0.789. The third-order valence-corrected chi connectivity index (χ3v) is 3.42. The van der Waals surface area contributed by atoms with Gasteiger partial charge in [0.25, 0.3) is 0 Å². The van der Waals surface area contributed by atoms with Crippen LogP contribution in [0.2, 0.25) is 5.02 Å². The molecule has 0 aliphatic rings. The largest absolute Gasteiger partial charge is 0.376 e. The Morgan fingerprint density at radius 3 is 2.67 bits per heavy atom. The zero-order valence-electron chi connectivity index (χ0n) is 12.1. The van der Waals surface area contributed by atoms with Crippen LogP contribution in [0.15, 0.2) is 36.9 Å². The van der Waals surface area contributed by atoms with Crippen LogP contribution in [0.25, 0.3) is 0 Å². The lowest BCUT2D eigenvalue weighted by atomic mass is 9.89. The lowest BCUT2D eigenvalue weighted by molar-refractivity contribution is -0.131. The lowest BCUT2D eigenvalue weighted by Gasteiger charge is -2.22. The molecule has 0 saturated carbocycles. The van der Waals surface area contributed by atoms with Crippen LogP contribution in [0.3, 0.4) is 0 Å². The van der Waals surface area contributed by atoms with Gasteiger partial charge in [-0.05, 0) is 17.7 Å². The minimum absolute atomic E-state index is 0.0594. The van der Waals surface area contributed by atoms with Gasteiger partial charge in [0, 0.05) is 10.4 Å². The number of benzene rings is 1. The molecule has 2 aromatic rings. The van der Waals surface area contributed by atoms with Crippen LogP contribution in [-0.4, -0.2) is 27.2 Å². The SMILES string of the molecule is CC(C)(COCc1ccc(Cl)cc1)C(=O)Cn1cncn1. The Balaban J connectivity index is 1.82. The molecule has 0 amide bonds. The molecular formula is C15H18ClN3O2. The van der Waals surface area contributed by atoms with Gasteiger partial charge < -0.3 is 4.74 Å². The van der Waals surface area contributed by atoms with Crippen LogP contribution < -0.4 is 0 Å². The molecular weight excluding hydrogens is 290 g/mol. The third-order valence-electron chi connectivity index (χ3n) is 3.17. The van der Waals surface area contributed by atoms with Crippen LogP contribution in [-0.2, 0) is 22.7 Å². The molecule has 1 heterocycles. The molecule has 21 heavy (non-hydrogen) atoms. The number of ketones is 1. The number of Topliss-reactive ketones (excluding diaryl/α,β-unsaturated/α-hetero) is 1. The number of hydrogen-bond donors (Lipinski definition) is 0. The van der Waals surface area contributed by atoms with Crippen molar-refractivity contribution in [3.8, 4) is 0 Å². The molecule has 1 aromatic carbocycles. The van der Waals surface area contributed by atoms with Crippen LogP contribution in [0.5, 0.6) is 0 Å². The van der Waals surface area contributed by atoms with E-state index in [0.29, 0.717) is 18.2 Å². The highest BCUT2D eigenvalue weighted by atomic mass is 35.5. The number of carbonyl (C=O) groups excluding carboxylic acids is 1. The van der Waals surface area contributed by atoms with Crippen LogP contribution in [0.4, 0.5) is 0 Å². The van der Waals surface area contributed by atoms with Crippen molar-refractivity contribution in [2.45, 2.75) is 27.0 Å². The van der Waals surface area contributed by atoms with Crippen molar-refractivity contribution in [3.63, 3.8) is 0 Å². The number of aromatic nitrogens is 3. The highest BCUT2D eigenvalue weighted by Crippen LogP contribution is 2.19. The molecule has 0 fully saturated rings. The second-order valence-electron chi connectivity index (χ2n) is 5.52. The van der Waals surface area contributed by atoms with Gasteiger partial charge in [-0.3, -0.25) is 4.79 Å². The molecule has 2 rings (SSSR count). The third kappa shape index (κ3) is 4.65. The summed E-state index contributed by atoms with van der Waals surface area (Å²) in [6, 6.07) is 7.46. The fraction of sp³-hybridized carbons (Fsp3) is 0.400. The molecule has 0 aliphatic carbocycles. The van der Waals surface area contributed by atoms with Crippen molar-refractivity contribution in [1.82, 2.24) is 14.8 Å². The van der Waals surface area contributed by atoms with Gasteiger partial charge in [0.05, 0.1) is 13.2 Å². The Labute approximate surface area is 128 Å². The molecule has 0 unspecified atom stereocenters. The van der Waals surface area contributed by atoms with Crippen LogP contribution in [0, 0.1) is 5.41 Å². The van der Waals surface area contributed by atoms with Gasteiger partial charge in [0.2, 0.25) is 0 Å². The van der Waals surface area contributed by atoms with E-state index in [1.165, 1.54) is 17.3 Å². The summed E-state index contributed by atoms with van der Waals surface area (Å²) < 4.78 is 7.17. The Morgan fingerprint density at radius 2 is 2.05 bits per heavy atom. The van der Waals surface area contributed by atoms with Crippen molar-refractivity contribution < 1.29 is 9.53 Å². The minimum atomic E-state index is -0.571. The summed E-state index contributed by atoms with van der Waals surface area (Å²) in [5.74, 6) is 0.0594. The topological polar surface area (TPSA) is 57.0 Å². The molecule has 0 saturated heterocycles. The van der Waals surface area contributed by atoms with E-state index in [2.05, 4.69) is 10.1 Å². The van der Waals surface area contributed by atoms with Crippen molar-refractivity contribution in [2.24, 2.45) is 5.41 Å². The molecule has 0 atom stereocenters. The summed E-state index contributed by atoms with van der Waals surface area (Å²) >= 11 is 5.83. The fourth-order valence-corrected chi connectivity index (χ4v) is 1.89. The zero-order valence-corrected chi connectivity index (χ0v) is 12.9. The van der Waals surface area contributed by atoms with E-state index < -0.39 is 5.41 Å². The highest BCUT2D eigenvalue weighted by molar-refractivity contribution is 6.30. The monoisotopic (exact) mass is 307 g/mol. The average molecular weight is 308 g/mol. The maximum absolute atomic E-state index is 12.2. The van der Waals surface area contributed by atoms with Gasteiger partial charge >= 0.3 is 0 Å². The first-order valence-corrected chi connectivity index (χ1v) is 7.03. The van der Waals surface area contributed by atoms with Gasteiger partial charge in [0.1, 0.15) is 19.2 Å². The van der Waals surface area contributed by atoms with Gasteiger partial charge in [0.15, 0.2) is 5.78 Å². The first-order valence-electron chi connectivity index (χ1n) is 6.65. The normalized spacial score (nSPS) is 11.6. The van der Waals surface area contributed by atoms with E-state index in [0.717, 1.165) is 5.56 Å². The molecule has 112 valence electrons. The summed E-state index contributed by atoms with van der Waals surface area (Å²) in [7, 11) is 0. The Morgan fingerprint density at radius 1 is 1.33 bits per heavy atom. The second kappa shape index (κ2) is 6.83. The van der Waals surface area contributed by atoms with Crippen LogP contribution >= 0.6 is 11.6 Å². The summed E-state index contributed by atoms with van der Waals surface area (Å²) in [4.78, 5) is 16.1. The van der Waals surface area contributed by atoms with E-state index >= 15 is 0 Å². The molecule has 0 N–H and O–H groups in total. The molecule has 0 spiro atoms. The van der Waals surface area contributed by atoms with E-state index in [-0.39, 0.29) is 12.3 Å². The lowest BCUT2D eigenvalue weighted by Crippen LogP contribution is -2.32. The molecule has 5 nitrogen and oxygen atoms in total. The number of ether oxygens (including phenoxy) is 1. The Kier molecular flexibility index (Phi) is 5.09. The zero-order chi connectivity index (χ0) is 15.3. The first-order chi connectivity index (χ1) is 9.97. The predicted octanol–water partition coefficient (Wildman–Crippen LogP) is 2.74. The van der Waals surface area contributed by atoms with Crippen molar-refractivity contribution in [2.75, 3.05) is 6.61 Å². The second-order valence-corrected chi connectivity index (χ2v) is 5.96. The minimum Gasteiger partial charge on any atom is -0.376 e. The first kappa shape index (κ1) is 15.7. The van der Waals surface area contributed by atoms with Gasteiger partial charge in [-0.2, -0.15) is 5.10 Å². The summed E-state index contributed by atoms with van der Waals surface area (Å²) in [5, 5.41) is 4.63. The van der Waals surface area contributed by atoms with Crippen molar-refractivity contribution >= 4 is 17.4 Å². The summed E-state index contributed by atoms with van der Waals surface area (Å²) in [5.41, 5.74) is 0.456. The van der Waals surface area contributed by atoms with E-state index in [1.54, 1.807) is 0 Å². The molecule has 0 bridgehead atoms. The standard InChI is InChI=1S/C15H18ClN3O2/c1-15(2,14(20)7-19-11-17-10-18-19)9-21-8-12-3-5-13(16)6-4-12/h3-6,10-11H,7-9H2,1-2H3. The Hall–Kier alpha value is -1.72. The summed E-state index contributed by atoms with van der Waals surface area (Å²) in [6.07, 6.45) is 2.94. The van der Waals surface area contributed by atoms with Crippen LogP contribution in [0.1, 0.15) is 19.4 Å². The molecule has 6 heteroatoms. The molecule has 1 aromatic heterocycles. The highest BCUT2D eigenvalue weighted by Gasteiger charge is 2.28. The van der Waals surface area contributed by atoms with Gasteiger partial charge in [-0.1, -0.05) is 37.6 Å². The van der Waals surface area contributed by atoms with Crippen molar-refractivity contribution in [3.05, 3.63) is 47.5 Å². The van der Waals surface area contributed by atoms with E-state index in [1.807, 2.05) is 38.1 Å². The molecule has 0 radical (unpaired) electrons. The maximum atomic E-state index is 12.2. The summed E-state index contributed by atoms with van der Waals surface area (Å²) in [6.45, 7) is 4.75. The van der Waals surface area contributed by atoms with Gasteiger partial charge in [-0.25, -0.2) is 9.67 Å². The predicted molar refractivity (Wildman–Crippen MR) is 79.9 cm³/mol. The Bertz CT molecular complexity index is 579. The number of nitrogens with zero attached hydrogens (tertiary/aromatic N) is 3. The number of halogens is 1. The fourth-order valence-electron chi connectivity index (χ4n) is 1.76. The maximum Gasteiger partial charge on any atom is 0.162 e. The van der Waals surface area contributed by atoms with Crippen molar-refractivity contribution in [1.29, 1.82) is 0 Å². The smallest absolute Gasteiger partial charge is 0.162 e. The average Bonchev–Trinajstić information content (AvgIpc) is 2.94. The van der Waals surface area contributed by atoms with E-state index in [4.69, 9.17) is 16.3 Å². The number of hydrogen-bond acceptors (Lipinski definition) is 4. The molecule has 0 aliphatic heterocycles.